The molecule has 0 amide bonds. The Morgan fingerprint density at radius 1 is 1.07 bits per heavy atom. The molecule has 0 atom stereocenters. The van der Waals surface area contributed by atoms with E-state index in [9.17, 15) is 0 Å². The molecule has 5 rings (SSSR count). The molecule has 0 N–H and O–H groups in total. The first-order valence-electron chi connectivity index (χ1n) is 10.3. The van der Waals surface area contributed by atoms with Gasteiger partial charge in [0, 0.05) is 17.0 Å². The van der Waals surface area contributed by atoms with Gasteiger partial charge in [0.25, 0.3) is 5.69 Å². The number of hydrogen-bond acceptors (Lipinski definition) is 2. The van der Waals surface area contributed by atoms with Gasteiger partial charge < -0.3 is 4.74 Å². The molecule has 0 fully saturated rings. The van der Waals surface area contributed by atoms with E-state index in [-0.39, 0.29) is 5.41 Å². The Morgan fingerprint density at radius 3 is 2.55 bits per heavy atom. The Morgan fingerprint density at radius 2 is 1.83 bits per heavy atom. The highest BCUT2D eigenvalue weighted by atomic mass is 32.1. The molecule has 1 aliphatic rings. The number of aromatic nitrogens is 1. The van der Waals surface area contributed by atoms with Gasteiger partial charge in [-0.3, -0.25) is 0 Å². The van der Waals surface area contributed by atoms with E-state index in [1.165, 1.54) is 54.5 Å². The first kappa shape index (κ1) is 18.6. The lowest BCUT2D eigenvalue weighted by Gasteiger charge is -2.26. The maximum absolute atomic E-state index is 6.75. The highest BCUT2D eigenvalue weighted by Gasteiger charge is 2.36. The molecule has 148 valence electrons. The number of ether oxygens (including phenoxy) is 1. The molecule has 1 aliphatic heterocycles. The van der Waals surface area contributed by atoms with Crippen molar-refractivity contribution in [3.63, 3.8) is 0 Å². The first-order chi connectivity index (χ1) is 13.7. The van der Waals surface area contributed by atoms with Gasteiger partial charge in [-0.15, -0.1) is 11.3 Å². The minimum Gasteiger partial charge on any atom is -0.449 e. The molecule has 0 radical (unpaired) electrons. The fraction of sp³-hybridized carbons (Fsp3) is 0.346. The van der Waals surface area contributed by atoms with Crippen molar-refractivity contribution in [2.24, 2.45) is 12.5 Å². The van der Waals surface area contributed by atoms with Crippen LogP contribution in [0.2, 0.25) is 0 Å². The van der Waals surface area contributed by atoms with E-state index in [2.05, 4.69) is 82.8 Å². The number of nitrogens with zero attached hydrogens (tertiary/aromatic N) is 1. The summed E-state index contributed by atoms with van der Waals surface area (Å²) in [6.07, 6.45) is 0.988. The second-order valence-corrected chi connectivity index (χ2v) is 10.7. The molecule has 2 aromatic carbocycles. The first-order valence-corrected chi connectivity index (χ1v) is 11.2. The largest absolute Gasteiger partial charge is 0.449 e. The second-order valence-electron chi connectivity index (χ2n) is 9.74. The Bertz CT molecular complexity index is 1320. The third kappa shape index (κ3) is 2.71. The predicted molar refractivity (Wildman–Crippen MR) is 123 cm³/mol. The van der Waals surface area contributed by atoms with Crippen LogP contribution < -0.4 is 9.30 Å². The third-order valence-electron chi connectivity index (χ3n) is 6.13. The van der Waals surface area contributed by atoms with Crippen LogP contribution in [0.25, 0.3) is 32.2 Å². The van der Waals surface area contributed by atoms with E-state index in [0.29, 0.717) is 0 Å². The van der Waals surface area contributed by atoms with Gasteiger partial charge in [-0.1, -0.05) is 32.9 Å². The maximum atomic E-state index is 6.75. The molecule has 2 nitrogen and oxygen atoms in total. The van der Waals surface area contributed by atoms with Gasteiger partial charge in [-0.25, -0.2) is 0 Å². The fourth-order valence-corrected chi connectivity index (χ4v) is 5.73. The molecule has 0 unspecified atom stereocenters. The molecule has 4 aromatic rings. The summed E-state index contributed by atoms with van der Waals surface area (Å²) in [6, 6.07) is 9.03. The number of pyridine rings is 1. The Balaban J connectivity index is 1.99. The number of hydrogen-bond donors (Lipinski definition) is 0. The number of thiophene rings is 1. The van der Waals surface area contributed by atoms with E-state index in [1.807, 2.05) is 11.3 Å². The number of rotatable bonds is 1. The highest BCUT2D eigenvalue weighted by Crippen LogP contribution is 2.51. The summed E-state index contributed by atoms with van der Waals surface area (Å²) in [5.74, 6) is 2.04. The SMILES string of the molecule is Cc1cc2c3c(c(C)c(C)cc3c1)-c1c(c(CC(C)(C)C)c3sccc3[n+]1C)O2. The zero-order chi connectivity index (χ0) is 20.7. The van der Waals surface area contributed by atoms with Crippen molar-refractivity contribution in [1.29, 1.82) is 0 Å². The van der Waals surface area contributed by atoms with Crippen LogP contribution >= 0.6 is 11.3 Å². The molecule has 0 saturated heterocycles. The highest BCUT2D eigenvalue weighted by molar-refractivity contribution is 7.17. The maximum Gasteiger partial charge on any atom is 0.257 e. The summed E-state index contributed by atoms with van der Waals surface area (Å²) < 4.78 is 10.4. The van der Waals surface area contributed by atoms with Gasteiger partial charge in [-0.05, 0) is 66.1 Å². The van der Waals surface area contributed by atoms with Crippen molar-refractivity contribution in [3.8, 4) is 22.8 Å². The van der Waals surface area contributed by atoms with Crippen molar-refractivity contribution in [2.45, 2.75) is 48.0 Å². The van der Waals surface area contributed by atoms with Crippen LogP contribution in [0.15, 0.2) is 29.6 Å². The van der Waals surface area contributed by atoms with Crippen molar-refractivity contribution >= 4 is 32.3 Å². The molecular formula is C26H28NOS+. The Labute approximate surface area is 176 Å². The van der Waals surface area contributed by atoms with Crippen LogP contribution in [0.4, 0.5) is 0 Å². The smallest absolute Gasteiger partial charge is 0.257 e. The standard InChI is InChI=1S/C26H28NOS/c1-14-10-17-12-15(2)16(3)21-22(17)20(11-14)28-24-18(13-26(4,5)6)25-19(8-9-29-25)27(7)23(21)24/h8-12H,13H2,1-7H3/q+1. The van der Waals surface area contributed by atoms with Gasteiger partial charge in [0.05, 0.1) is 5.56 Å². The van der Waals surface area contributed by atoms with Crippen molar-refractivity contribution in [3.05, 3.63) is 51.9 Å². The summed E-state index contributed by atoms with van der Waals surface area (Å²) in [5, 5.41) is 4.72. The van der Waals surface area contributed by atoms with E-state index in [4.69, 9.17) is 4.74 Å². The summed E-state index contributed by atoms with van der Waals surface area (Å²) >= 11 is 1.83. The van der Waals surface area contributed by atoms with Crippen LogP contribution in [0.1, 0.15) is 43.0 Å². The third-order valence-corrected chi connectivity index (χ3v) is 7.09. The lowest BCUT2D eigenvalue weighted by Crippen LogP contribution is -2.34. The molecule has 0 bridgehead atoms. The predicted octanol–water partition coefficient (Wildman–Crippen LogP) is 7.17. The van der Waals surface area contributed by atoms with Gasteiger partial charge in [-0.2, -0.15) is 4.57 Å². The van der Waals surface area contributed by atoms with Crippen LogP contribution in [0, 0.1) is 26.2 Å². The Hall–Kier alpha value is -2.39. The van der Waals surface area contributed by atoms with Crippen LogP contribution in [0.3, 0.4) is 0 Å². The quantitative estimate of drug-likeness (QED) is 0.271. The average molecular weight is 403 g/mol. The van der Waals surface area contributed by atoms with Gasteiger partial charge in [0.15, 0.2) is 0 Å². The summed E-state index contributed by atoms with van der Waals surface area (Å²) in [4.78, 5) is 0. The van der Waals surface area contributed by atoms with E-state index >= 15 is 0 Å². The fourth-order valence-electron chi connectivity index (χ4n) is 4.77. The van der Waals surface area contributed by atoms with Gasteiger partial charge in [0.2, 0.25) is 11.3 Å². The lowest BCUT2D eigenvalue weighted by molar-refractivity contribution is -0.633. The van der Waals surface area contributed by atoms with Gasteiger partial charge >= 0.3 is 0 Å². The molecule has 0 aliphatic carbocycles. The van der Waals surface area contributed by atoms with Crippen molar-refractivity contribution < 1.29 is 9.30 Å². The van der Waals surface area contributed by atoms with Crippen LogP contribution in [-0.2, 0) is 13.5 Å². The summed E-state index contributed by atoms with van der Waals surface area (Å²) in [5.41, 5.74) is 9.29. The molecule has 0 spiro atoms. The van der Waals surface area contributed by atoms with Crippen molar-refractivity contribution in [2.75, 3.05) is 0 Å². The molecule has 3 heteroatoms. The molecule has 3 heterocycles. The summed E-state index contributed by atoms with van der Waals surface area (Å²) in [6.45, 7) is 13.6. The van der Waals surface area contributed by atoms with Crippen molar-refractivity contribution in [1.82, 2.24) is 0 Å². The topological polar surface area (TPSA) is 13.1 Å². The Kier molecular flexibility index (Phi) is 3.89. The average Bonchev–Trinajstić information content (AvgIpc) is 3.11. The monoisotopic (exact) mass is 402 g/mol. The zero-order valence-electron chi connectivity index (χ0n) is 18.4. The molecule has 2 aromatic heterocycles. The van der Waals surface area contributed by atoms with E-state index < -0.39 is 0 Å². The summed E-state index contributed by atoms with van der Waals surface area (Å²) in [7, 11) is 2.19. The van der Waals surface area contributed by atoms with Crippen LogP contribution in [0.5, 0.6) is 11.5 Å². The zero-order valence-corrected chi connectivity index (χ0v) is 19.2. The normalized spacial score (nSPS) is 13.1. The number of aryl methyl sites for hydroxylation is 3. The van der Waals surface area contributed by atoms with Crippen LogP contribution in [-0.4, -0.2) is 0 Å². The van der Waals surface area contributed by atoms with E-state index in [0.717, 1.165) is 17.9 Å². The molecule has 0 saturated carbocycles. The second kappa shape index (κ2) is 6.06. The number of fused-ring (bicyclic) bond motifs is 3. The van der Waals surface area contributed by atoms with E-state index in [1.54, 1.807) is 0 Å². The number of benzene rings is 2. The minimum atomic E-state index is 0.178. The molecular weight excluding hydrogens is 374 g/mol. The minimum absolute atomic E-state index is 0.178. The lowest BCUT2D eigenvalue weighted by atomic mass is 9.85. The molecule has 29 heavy (non-hydrogen) atoms. The van der Waals surface area contributed by atoms with Gasteiger partial charge in [0.1, 0.15) is 17.5 Å².